The highest BCUT2D eigenvalue weighted by Gasteiger charge is 2.41. The average Bonchev–Trinajstić information content (AvgIpc) is 3.46. The second-order valence-corrected chi connectivity index (χ2v) is 14.0. The van der Waals surface area contributed by atoms with Crippen molar-refractivity contribution in [2.45, 2.75) is 101 Å². The van der Waals surface area contributed by atoms with E-state index in [0.717, 1.165) is 30.6 Å². The van der Waals surface area contributed by atoms with Gasteiger partial charge in [-0.3, -0.25) is 4.79 Å². The fraction of sp³-hybridized carbons (Fsp3) is 0.720. The van der Waals surface area contributed by atoms with E-state index in [1.54, 1.807) is 7.05 Å². The predicted molar refractivity (Wildman–Crippen MR) is 140 cm³/mol. The molecule has 2 aliphatic carbocycles. The van der Waals surface area contributed by atoms with Gasteiger partial charge in [-0.2, -0.15) is 4.68 Å². The summed E-state index contributed by atoms with van der Waals surface area (Å²) in [5, 5.41) is 21.7. The van der Waals surface area contributed by atoms with Crippen LogP contribution in [-0.4, -0.2) is 53.0 Å². The number of carbonyl (C=O) groups is 2. The molecule has 0 aliphatic heterocycles. The molecule has 9 nitrogen and oxygen atoms in total. The third kappa shape index (κ3) is 5.62. The summed E-state index contributed by atoms with van der Waals surface area (Å²) in [5.74, 6) is -0.418. The van der Waals surface area contributed by atoms with E-state index in [1.807, 2.05) is 11.0 Å². The number of hydrogen-bond acceptors (Lipinski definition) is 7. The number of amides is 1. The van der Waals surface area contributed by atoms with Crippen LogP contribution in [0.2, 0.25) is 0 Å². The lowest BCUT2D eigenvalue weighted by atomic mass is 9.81. The molecule has 1 N–H and O–H groups in total. The minimum absolute atomic E-state index is 0.0460. The Morgan fingerprint density at radius 3 is 2.31 bits per heavy atom. The Morgan fingerprint density at radius 1 is 1.14 bits per heavy atom. The molecule has 4 rings (SSSR count). The van der Waals surface area contributed by atoms with Gasteiger partial charge in [-0.1, -0.05) is 32.8 Å². The molecule has 1 amide bonds. The van der Waals surface area contributed by atoms with Crippen LogP contribution in [0.25, 0.3) is 0 Å². The largest absolute Gasteiger partial charge is 0.609 e. The smallest absolute Gasteiger partial charge is 0.361 e. The Morgan fingerprint density at radius 2 is 1.78 bits per heavy atom. The first-order chi connectivity index (χ1) is 17.0. The van der Waals surface area contributed by atoms with Gasteiger partial charge in [0.05, 0.1) is 5.69 Å². The molecular formula is C25H37N5O4S2. The molecule has 0 spiro atoms. The molecule has 36 heavy (non-hydrogen) atoms. The first-order valence-corrected chi connectivity index (χ1v) is 14.8. The second-order valence-electron chi connectivity index (χ2n) is 11.4. The molecule has 1 unspecified atom stereocenters. The molecule has 2 aromatic heterocycles. The molecule has 0 radical (unpaired) electrons. The monoisotopic (exact) mass is 535 g/mol. The summed E-state index contributed by atoms with van der Waals surface area (Å²) in [6.45, 7) is 8.41. The van der Waals surface area contributed by atoms with Gasteiger partial charge in [-0.15, -0.1) is 11.3 Å². The maximum absolute atomic E-state index is 14.0. The number of carboxylic acids is 1. The third-order valence-electron chi connectivity index (χ3n) is 7.58. The molecule has 2 fully saturated rings. The van der Waals surface area contributed by atoms with Crippen LogP contribution in [-0.2, 0) is 28.4 Å². The normalized spacial score (nSPS) is 25.9. The summed E-state index contributed by atoms with van der Waals surface area (Å²) in [6.07, 6.45) is 6.37. The summed E-state index contributed by atoms with van der Waals surface area (Å²) >= 11 is -0.0604. The Hall–Kier alpha value is -1.98. The van der Waals surface area contributed by atoms with Crippen molar-refractivity contribution in [3.05, 3.63) is 15.8 Å². The van der Waals surface area contributed by atoms with Gasteiger partial charge < -0.3 is 14.6 Å². The van der Waals surface area contributed by atoms with E-state index < -0.39 is 17.1 Å². The number of aryl methyl sites for hydroxylation is 1. The predicted octanol–water partition coefficient (Wildman–Crippen LogP) is 4.55. The highest BCUT2D eigenvalue weighted by Crippen LogP contribution is 2.42. The molecule has 0 saturated heterocycles. The number of carbonyl (C=O) groups excluding carboxylic acids is 1. The zero-order valence-corrected chi connectivity index (χ0v) is 23.4. The van der Waals surface area contributed by atoms with Crippen molar-refractivity contribution in [3.63, 3.8) is 0 Å². The Balaban J connectivity index is 1.62. The first kappa shape index (κ1) is 27.1. The number of carboxylic acid groups (broad SMARTS) is 1. The number of thiophene rings is 1. The maximum Gasteiger partial charge on any atom is 0.361 e. The van der Waals surface area contributed by atoms with Gasteiger partial charge in [0, 0.05) is 35.1 Å². The number of aromatic nitrogens is 4. The summed E-state index contributed by atoms with van der Waals surface area (Å²) in [6, 6.07) is 1.80. The van der Waals surface area contributed by atoms with Crippen LogP contribution < -0.4 is 4.90 Å². The molecule has 11 heteroatoms. The van der Waals surface area contributed by atoms with Crippen LogP contribution >= 0.6 is 11.3 Å². The summed E-state index contributed by atoms with van der Waals surface area (Å²) in [4.78, 5) is 29.3. The lowest BCUT2D eigenvalue weighted by Gasteiger charge is -2.39. The number of hydrogen-bond donors (Lipinski definition) is 1. The van der Waals surface area contributed by atoms with Crippen LogP contribution in [0.4, 0.5) is 5.69 Å². The van der Waals surface area contributed by atoms with Crippen molar-refractivity contribution in [1.29, 1.82) is 0 Å². The van der Waals surface area contributed by atoms with Crippen molar-refractivity contribution in [1.82, 2.24) is 20.2 Å². The van der Waals surface area contributed by atoms with Crippen LogP contribution in [0, 0.1) is 11.8 Å². The maximum atomic E-state index is 14.0. The average molecular weight is 536 g/mol. The molecule has 0 bridgehead atoms. The van der Waals surface area contributed by atoms with E-state index in [2.05, 4.69) is 43.2 Å². The molecule has 0 aromatic carbocycles. The second kappa shape index (κ2) is 10.8. The Labute approximate surface area is 219 Å². The first-order valence-electron chi connectivity index (χ1n) is 12.8. The lowest BCUT2D eigenvalue weighted by Crippen LogP contribution is -2.47. The third-order valence-corrected chi connectivity index (χ3v) is 10.9. The number of nitrogens with zero attached hydrogens (tertiary/aromatic N) is 5. The Bertz CT molecular complexity index is 1080. The van der Waals surface area contributed by atoms with E-state index in [4.69, 9.17) is 0 Å². The molecule has 2 aliphatic rings. The lowest BCUT2D eigenvalue weighted by molar-refractivity contribution is -0.124. The summed E-state index contributed by atoms with van der Waals surface area (Å²) < 4.78 is 14.5. The minimum Gasteiger partial charge on any atom is -0.609 e. The van der Waals surface area contributed by atoms with Gasteiger partial charge >= 0.3 is 11.1 Å². The highest BCUT2D eigenvalue weighted by atomic mass is 32.2. The van der Waals surface area contributed by atoms with Crippen LogP contribution in [0.15, 0.2) is 11.2 Å². The SMILES string of the molecule is Cn1nnnc1[S+]([O-])[C@H]1CC[C@H](N(c2cc(C(C)(C)C)sc2C(=O)O)C(=O)[C@H]2CC[C@H](C)CC2)CC1. The minimum atomic E-state index is -1.33. The number of tetrazole rings is 1. The zero-order chi connectivity index (χ0) is 26.2. The topological polar surface area (TPSA) is 124 Å². The fourth-order valence-electron chi connectivity index (χ4n) is 5.34. The van der Waals surface area contributed by atoms with Gasteiger partial charge in [-0.25, -0.2) is 4.79 Å². The van der Waals surface area contributed by atoms with Crippen molar-refractivity contribution in [3.8, 4) is 0 Å². The van der Waals surface area contributed by atoms with Gasteiger partial charge in [-0.05, 0) is 79.2 Å². The molecule has 198 valence electrons. The van der Waals surface area contributed by atoms with E-state index in [-0.39, 0.29) is 33.4 Å². The summed E-state index contributed by atoms with van der Waals surface area (Å²) in [7, 11) is 1.68. The fourth-order valence-corrected chi connectivity index (χ4v) is 7.80. The van der Waals surface area contributed by atoms with Gasteiger partial charge in [0.25, 0.3) is 0 Å². The zero-order valence-electron chi connectivity index (χ0n) is 21.8. The van der Waals surface area contributed by atoms with E-state index in [1.165, 1.54) is 16.0 Å². The number of aromatic carboxylic acids is 1. The standard InChI is InChI=1S/C25H37N5O4S2/c1-15-6-8-16(9-7-15)22(31)30(19-14-20(25(2,3)4)35-21(19)23(32)33)17-10-12-18(13-11-17)36(34)24-26-27-28-29(24)5/h14-18H,6-13H2,1-5H3,(H,32,33)/t15-,16-,17-,18-,36?. The Kier molecular flexibility index (Phi) is 8.11. The van der Waals surface area contributed by atoms with Crippen LogP contribution in [0.5, 0.6) is 0 Å². The van der Waals surface area contributed by atoms with Gasteiger partial charge in [0.15, 0.2) is 0 Å². The van der Waals surface area contributed by atoms with Gasteiger partial charge in [0.1, 0.15) is 10.1 Å². The van der Waals surface area contributed by atoms with Crippen LogP contribution in [0.3, 0.4) is 0 Å². The molecule has 2 saturated carbocycles. The van der Waals surface area contributed by atoms with Crippen molar-refractivity contribution < 1.29 is 19.2 Å². The molecule has 2 heterocycles. The molecule has 2 aromatic rings. The number of rotatable bonds is 6. The van der Waals surface area contributed by atoms with E-state index in [0.29, 0.717) is 42.4 Å². The number of anilines is 1. The van der Waals surface area contributed by atoms with Gasteiger partial charge in [0.2, 0.25) is 5.91 Å². The summed E-state index contributed by atoms with van der Waals surface area (Å²) in [5.41, 5.74) is 0.309. The highest BCUT2D eigenvalue weighted by molar-refractivity contribution is 7.91. The molecular weight excluding hydrogens is 498 g/mol. The van der Waals surface area contributed by atoms with Crippen molar-refractivity contribution >= 4 is 40.1 Å². The van der Waals surface area contributed by atoms with Crippen molar-refractivity contribution in [2.24, 2.45) is 18.9 Å². The van der Waals surface area contributed by atoms with Crippen LogP contribution in [0.1, 0.15) is 93.6 Å². The van der Waals surface area contributed by atoms with Crippen molar-refractivity contribution in [2.75, 3.05) is 4.90 Å². The molecule has 1 atom stereocenters. The van der Waals surface area contributed by atoms with E-state index >= 15 is 0 Å². The van der Waals surface area contributed by atoms with E-state index in [9.17, 15) is 19.2 Å². The quantitative estimate of drug-likeness (QED) is 0.538.